The molecule has 1 atom stereocenters. The SMILES string of the molecule is C[C@@H](N)c1cccnc1N1CCOCC1(C)C. The fourth-order valence-electron chi connectivity index (χ4n) is 2.24. The maximum atomic E-state index is 6.01. The van der Waals surface area contributed by atoms with Crippen LogP contribution in [0, 0.1) is 0 Å². The Hall–Kier alpha value is -1.13. The minimum Gasteiger partial charge on any atom is -0.377 e. The summed E-state index contributed by atoms with van der Waals surface area (Å²) in [4.78, 5) is 6.81. The Morgan fingerprint density at radius 3 is 2.94 bits per heavy atom. The standard InChI is InChI=1S/C13H21N3O/c1-10(14)11-5-4-6-15-12(11)16-7-8-17-9-13(16,2)3/h4-6,10H,7-9,14H2,1-3H3/t10-/m1/s1. The third kappa shape index (κ3) is 2.42. The molecule has 94 valence electrons. The molecule has 0 bridgehead atoms. The summed E-state index contributed by atoms with van der Waals surface area (Å²) < 4.78 is 5.54. The Balaban J connectivity index is 2.38. The Morgan fingerprint density at radius 2 is 2.29 bits per heavy atom. The Kier molecular flexibility index (Phi) is 3.35. The first kappa shape index (κ1) is 12.3. The molecule has 1 fully saturated rings. The first-order valence-electron chi connectivity index (χ1n) is 6.08. The fourth-order valence-corrected chi connectivity index (χ4v) is 2.24. The van der Waals surface area contributed by atoms with E-state index in [9.17, 15) is 0 Å². The predicted molar refractivity (Wildman–Crippen MR) is 69.1 cm³/mol. The van der Waals surface area contributed by atoms with Crippen LogP contribution in [0.2, 0.25) is 0 Å². The molecule has 2 N–H and O–H groups in total. The van der Waals surface area contributed by atoms with E-state index in [1.54, 1.807) is 0 Å². The van der Waals surface area contributed by atoms with E-state index in [1.807, 2.05) is 19.2 Å². The second kappa shape index (κ2) is 4.63. The lowest BCUT2D eigenvalue weighted by Crippen LogP contribution is -2.54. The number of hydrogen-bond donors (Lipinski definition) is 1. The van der Waals surface area contributed by atoms with Gasteiger partial charge in [0.25, 0.3) is 0 Å². The van der Waals surface area contributed by atoms with Crippen molar-refractivity contribution in [1.29, 1.82) is 0 Å². The minimum atomic E-state index is -0.0315. The molecule has 4 heteroatoms. The van der Waals surface area contributed by atoms with Crippen molar-refractivity contribution in [3.05, 3.63) is 23.9 Å². The highest BCUT2D eigenvalue weighted by molar-refractivity contribution is 5.50. The Labute approximate surface area is 103 Å². The predicted octanol–water partition coefficient (Wildman–Crippen LogP) is 1.72. The summed E-state index contributed by atoms with van der Waals surface area (Å²) in [5.41, 5.74) is 7.08. The first-order chi connectivity index (χ1) is 8.02. The monoisotopic (exact) mass is 235 g/mol. The van der Waals surface area contributed by atoms with Crippen molar-refractivity contribution < 1.29 is 4.74 Å². The number of nitrogens with zero attached hydrogens (tertiary/aromatic N) is 2. The number of aromatic nitrogens is 1. The molecule has 1 saturated heterocycles. The molecule has 0 saturated carbocycles. The first-order valence-corrected chi connectivity index (χ1v) is 6.08. The normalized spacial score (nSPS) is 21.3. The number of rotatable bonds is 2. The molecule has 4 nitrogen and oxygen atoms in total. The molecule has 0 radical (unpaired) electrons. The largest absolute Gasteiger partial charge is 0.377 e. The molecule has 0 spiro atoms. The number of hydrogen-bond acceptors (Lipinski definition) is 4. The van der Waals surface area contributed by atoms with Crippen molar-refractivity contribution in [1.82, 2.24) is 4.98 Å². The average molecular weight is 235 g/mol. The number of nitrogens with two attached hydrogens (primary N) is 1. The quantitative estimate of drug-likeness (QED) is 0.848. The minimum absolute atomic E-state index is 0.00246. The van der Waals surface area contributed by atoms with Gasteiger partial charge in [-0.1, -0.05) is 6.07 Å². The third-order valence-corrected chi connectivity index (χ3v) is 3.21. The van der Waals surface area contributed by atoms with Crippen molar-refractivity contribution in [2.45, 2.75) is 32.4 Å². The highest BCUT2D eigenvalue weighted by atomic mass is 16.5. The van der Waals surface area contributed by atoms with Crippen molar-refractivity contribution in [3.63, 3.8) is 0 Å². The maximum Gasteiger partial charge on any atom is 0.133 e. The lowest BCUT2D eigenvalue weighted by molar-refractivity contribution is 0.0638. The third-order valence-electron chi connectivity index (χ3n) is 3.21. The molecule has 17 heavy (non-hydrogen) atoms. The summed E-state index contributed by atoms with van der Waals surface area (Å²) in [7, 11) is 0. The van der Waals surface area contributed by atoms with Crippen molar-refractivity contribution in [3.8, 4) is 0 Å². The number of morpholine rings is 1. The van der Waals surface area contributed by atoms with Crippen LogP contribution >= 0.6 is 0 Å². The van der Waals surface area contributed by atoms with Gasteiger partial charge in [-0.15, -0.1) is 0 Å². The van der Waals surface area contributed by atoms with E-state index in [4.69, 9.17) is 10.5 Å². The molecular weight excluding hydrogens is 214 g/mol. The number of anilines is 1. The number of ether oxygens (including phenoxy) is 1. The van der Waals surface area contributed by atoms with Gasteiger partial charge in [-0.25, -0.2) is 4.98 Å². The van der Waals surface area contributed by atoms with Gasteiger partial charge in [-0.05, 0) is 26.8 Å². The van der Waals surface area contributed by atoms with Crippen LogP contribution in [0.4, 0.5) is 5.82 Å². The van der Waals surface area contributed by atoms with Crippen LogP contribution in [-0.2, 0) is 4.74 Å². The lowest BCUT2D eigenvalue weighted by atomic mass is 10.0. The van der Waals surface area contributed by atoms with Gasteiger partial charge in [0.1, 0.15) is 5.82 Å². The van der Waals surface area contributed by atoms with E-state index < -0.39 is 0 Å². The van der Waals surface area contributed by atoms with Crippen LogP contribution in [-0.4, -0.2) is 30.3 Å². The van der Waals surface area contributed by atoms with E-state index >= 15 is 0 Å². The van der Waals surface area contributed by atoms with E-state index in [2.05, 4.69) is 29.8 Å². The molecular formula is C13H21N3O. The van der Waals surface area contributed by atoms with Crippen LogP contribution in [0.5, 0.6) is 0 Å². The Morgan fingerprint density at radius 1 is 1.53 bits per heavy atom. The molecule has 1 aliphatic rings. The summed E-state index contributed by atoms with van der Waals surface area (Å²) in [5.74, 6) is 0.996. The average Bonchev–Trinajstić information content (AvgIpc) is 2.28. The highest BCUT2D eigenvalue weighted by Gasteiger charge is 2.32. The molecule has 0 aromatic carbocycles. The molecule has 0 unspecified atom stereocenters. The van der Waals surface area contributed by atoms with Gasteiger partial charge in [0.05, 0.1) is 18.8 Å². The fraction of sp³-hybridized carbons (Fsp3) is 0.615. The lowest BCUT2D eigenvalue weighted by Gasteiger charge is -2.43. The van der Waals surface area contributed by atoms with Crippen molar-refractivity contribution in [2.75, 3.05) is 24.7 Å². The van der Waals surface area contributed by atoms with Crippen LogP contribution in [0.15, 0.2) is 18.3 Å². The molecule has 1 aromatic heterocycles. The topological polar surface area (TPSA) is 51.4 Å². The molecule has 2 heterocycles. The van der Waals surface area contributed by atoms with Crippen molar-refractivity contribution >= 4 is 5.82 Å². The number of pyridine rings is 1. The van der Waals surface area contributed by atoms with Gasteiger partial charge in [0, 0.05) is 24.3 Å². The summed E-state index contributed by atoms with van der Waals surface area (Å²) >= 11 is 0. The van der Waals surface area contributed by atoms with Crippen LogP contribution < -0.4 is 10.6 Å². The summed E-state index contributed by atoms with van der Waals surface area (Å²) in [6.45, 7) is 8.68. The van der Waals surface area contributed by atoms with Crippen LogP contribution in [0.1, 0.15) is 32.4 Å². The van der Waals surface area contributed by atoms with Gasteiger partial charge < -0.3 is 15.4 Å². The summed E-state index contributed by atoms with van der Waals surface area (Å²) in [6, 6.07) is 3.99. The molecule has 0 amide bonds. The molecule has 1 aromatic rings. The smallest absolute Gasteiger partial charge is 0.133 e. The van der Waals surface area contributed by atoms with Gasteiger partial charge >= 0.3 is 0 Å². The van der Waals surface area contributed by atoms with E-state index in [0.717, 1.165) is 31.1 Å². The highest BCUT2D eigenvalue weighted by Crippen LogP contribution is 2.30. The van der Waals surface area contributed by atoms with E-state index in [1.165, 1.54) is 0 Å². The molecule has 0 aliphatic carbocycles. The molecule has 2 rings (SSSR count). The maximum absolute atomic E-state index is 6.01. The summed E-state index contributed by atoms with van der Waals surface area (Å²) in [6.07, 6.45) is 1.83. The second-order valence-corrected chi connectivity index (χ2v) is 5.22. The van der Waals surface area contributed by atoms with E-state index in [0.29, 0.717) is 0 Å². The van der Waals surface area contributed by atoms with Crippen LogP contribution in [0.25, 0.3) is 0 Å². The van der Waals surface area contributed by atoms with Gasteiger partial charge in [0.2, 0.25) is 0 Å². The van der Waals surface area contributed by atoms with Gasteiger partial charge in [0.15, 0.2) is 0 Å². The van der Waals surface area contributed by atoms with Gasteiger partial charge in [-0.3, -0.25) is 0 Å². The van der Waals surface area contributed by atoms with E-state index in [-0.39, 0.29) is 11.6 Å². The second-order valence-electron chi connectivity index (χ2n) is 5.22. The molecule has 1 aliphatic heterocycles. The van der Waals surface area contributed by atoms with Crippen LogP contribution in [0.3, 0.4) is 0 Å². The van der Waals surface area contributed by atoms with Crippen molar-refractivity contribution in [2.24, 2.45) is 5.73 Å². The zero-order chi connectivity index (χ0) is 12.5. The zero-order valence-electron chi connectivity index (χ0n) is 10.8. The zero-order valence-corrected chi connectivity index (χ0v) is 10.8. The van der Waals surface area contributed by atoms with Gasteiger partial charge in [-0.2, -0.15) is 0 Å². The Bertz CT molecular complexity index is 390. The summed E-state index contributed by atoms with van der Waals surface area (Å²) in [5, 5.41) is 0.